The van der Waals surface area contributed by atoms with E-state index in [2.05, 4.69) is 37.4 Å². The fourth-order valence-electron chi connectivity index (χ4n) is 2.50. The Balaban J connectivity index is 2.18. The lowest BCUT2D eigenvalue weighted by atomic mass is 9.98. The number of nitrogens with one attached hydrogen (secondary N) is 1. The van der Waals surface area contributed by atoms with E-state index in [9.17, 15) is 0 Å². The fraction of sp³-hybridized carbons (Fsp3) is 0.538. The molecule has 0 radical (unpaired) electrons. The van der Waals surface area contributed by atoms with Crippen LogP contribution >= 0.6 is 0 Å². The van der Waals surface area contributed by atoms with Crippen LogP contribution in [0.15, 0.2) is 18.2 Å². The summed E-state index contributed by atoms with van der Waals surface area (Å²) >= 11 is 0. The standard InChI is InChI=1S/C13H19N/c1-9-5-4-6-10(2)13(9)12-7-11(12)8-14-3/h4-6,11-12,14H,7-8H2,1-3H3. The molecular formula is C13H19N. The van der Waals surface area contributed by atoms with Crippen molar-refractivity contribution in [2.24, 2.45) is 5.92 Å². The number of hydrogen-bond donors (Lipinski definition) is 1. The predicted octanol–water partition coefficient (Wildman–Crippen LogP) is 2.63. The van der Waals surface area contributed by atoms with Crippen molar-refractivity contribution >= 4 is 0 Å². The van der Waals surface area contributed by atoms with E-state index >= 15 is 0 Å². The number of rotatable bonds is 3. The van der Waals surface area contributed by atoms with Crippen LogP contribution in [-0.4, -0.2) is 13.6 Å². The second-order valence-corrected chi connectivity index (χ2v) is 4.47. The first kappa shape index (κ1) is 9.72. The summed E-state index contributed by atoms with van der Waals surface area (Å²) in [5, 5.41) is 3.27. The molecule has 1 aliphatic carbocycles. The summed E-state index contributed by atoms with van der Waals surface area (Å²) in [4.78, 5) is 0. The molecule has 1 N–H and O–H groups in total. The smallest absolute Gasteiger partial charge is 0.00174 e. The van der Waals surface area contributed by atoms with E-state index in [0.717, 1.165) is 11.8 Å². The van der Waals surface area contributed by atoms with Crippen LogP contribution in [0.25, 0.3) is 0 Å². The monoisotopic (exact) mass is 189 g/mol. The molecule has 0 heterocycles. The van der Waals surface area contributed by atoms with Crippen molar-refractivity contribution in [2.75, 3.05) is 13.6 Å². The third-order valence-electron chi connectivity index (χ3n) is 3.30. The molecule has 1 saturated carbocycles. The summed E-state index contributed by atoms with van der Waals surface area (Å²) in [5.41, 5.74) is 4.54. The van der Waals surface area contributed by atoms with Crippen LogP contribution in [-0.2, 0) is 0 Å². The van der Waals surface area contributed by atoms with Gasteiger partial charge >= 0.3 is 0 Å². The van der Waals surface area contributed by atoms with Gasteiger partial charge in [0.1, 0.15) is 0 Å². The molecule has 14 heavy (non-hydrogen) atoms. The highest BCUT2D eigenvalue weighted by molar-refractivity contribution is 5.39. The highest BCUT2D eigenvalue weighted by Crippen LogP contribution is 2.48. The summed E-state index contributed by atoms with van der Waals surface area (Å²) in [5.74, 6) is 1.70. The average Bonchev–Trinajstić information content (AvgIpc) is 2.85. The molecule has 1 heteroatoms. The Labute approximate surface area is 86.5 Å². The van der Waals surface area contributed by atoms with Crippen LogP contribution in [0.5, 0.6) is 0 Å². The summed E-state index contributed by atoms with van der Waals surface area (Å²) in [7, 11) is 2.04. The molecule has 2 atom stereocenters. The van der Waals surface area contributed by atoms with Crippen LogP contribution in [0.1, 0.15) is 29.0 Å². The molecule has 0 aromatic heterocycles. The van der Waals surface area contributed by atoms with Gasteiger partial charge in [-0.2, -0.15) is 0 Å². The lowest BCUT2D eigenvalue weighted by Crippen LogP contribution is -2.10. The van der Waals surface area contributed by atoms with Crippen molar-refractivity contribution in [3.05, 3.63) is 34.9 Å². The van der Waals surface area contributed by atoms with Gasteiger partial charge in [-0.25, -0.2) is 0 Å². The van der Waals surface area contributed by atoms with E-state index in [1.807, 2.05) is 7.05 Å². The molecule has 1 nitrogen and oxygen atoms in total. The molecule has 0 bridgehead atoms. The molecule has 0 aliphatic heterocycles. The summed E-state index contributed by atoms with van der Waals surface area (Å²) in [6, 6.07) is 6.62. The summed E-state index contributed by atoms with van der Waals surface area (Å²) < 4.78 is 0. The van der Waals surface area contributed by atoms with Crippen LogP contribution in [0.4, 0.5) is 0 Å². The minimum Gasteiger partial charge on any atom is -0.319 e. The van der Waals surface area contributed by atoms with Gasteiger partial charge in [0.25, 0.3) is 0 Å². The van der Waals surface area contributed by atoms with Gasteiger partial charge in [0.05, 0.1) is 0 Å². The summed E-state index contributed by atoms with van der Waals surface area (Å²) in [6.45, 7) is 5.63. The fourth-order valence-corrected chi connectivity index (χ4v) is 2.50. The first-order valence-corrected chi connectivity index (χ1v) is 5.44. The topological polar surface area (TPSA) is 12.0 Å². The quantitative estimate of drug-likeness (QED) is 0.770. The number of benzene rings is 1. The van der Waals surface area contributed by atoms with Gasteiger partial charge in [-0.15, -0.1) is 0 Å². The normalized spacial score (nSPS) is 25.1. The van der Waals surface area contributed by atoms with Crippen LogP contribution < -0.4 is 5.32 Å². The Kier molecular flexibility index (Phi) is 2.60. The van der Waals surface area contributed by atoms with Crippen LogP contribution in [0, 0.1) is 19.8 Å². The molecule has 1 aliphatic rings. The minimum atomic E-state index is 0.823. The molecular weight excluding hydrogens is 170 g/mol. The Morgan fingerprint density at radius 2 is 1.93 bits per heavy atom. The second kappa shape index (κ2) is 3.74. The van der Waals surface area contributed by atoms with Crippen molar-refractivity contribution < 1.29 is 0 Å². The van der Waals surface area contributed by atoms with Crippen molar-refractivity contribution in [3.8, 4) is 0 Å². The predicted molar refractivity (Wildman–Crippen MR) is 60.7 cm³/mol. The van der Waals surface area contributed by atoms with Gasteiger partial charge < -0.3 is 5.32 Å². The van der Waals surface area contributed by atoms with Gasteiger partial charge in [0, 0.05) is 0 Å². The number of aryl methyl sites for hydroxylation is 2. The maximum absolute atomic E-state index is 3.27. The zero-order valence-electron chi connectivity index (χ0n) is 9.30. The van der Waals surface area contributed by atoms with Crippen LogP contribution in [0.2, 0.25) is 0 Å². The maximum Gasteiger partial charge on any atom is -0.00174 e. The van der Waals surface area contributed by atoms with Crippen molar-refractivity contribution in [2.45, 2.75) is 26.2 Å². The van der Waals surface area contributed by atoms with E-state index in [4.69, 9.17) is 0 Å². The molecule has 2 rings (SSSR count). The van der Waals surface area contributed by atoms with Crippen LogP contribution in [0.3, 0.4) is 0 Å². The Bertz CT molecular complexity index is 310. The van der Waals surface area contributed by atoms with Gasteiger partial charge in [-0.1, -0.05) is 18.2 Å². The molecule has 1 fully saturated rings. The lowest BCUT2D eigenvalue weighted by Gasteiger charge is -2.08. The molecule has 0 saturated heterocycles. The molecule has 2 unspecified atom stereocenters. The zero-order chi connectivity index (χ0) is 10.1. The van der Waals surface area contributed by atoms with E-state index in [0.29, 0.717) is 0 Å². The van der Waals surface area contributed by atoms with Crippen molar-refractivity contribution in [1.82, 2.24) is 5.32 Å². The Morgan fingerprint density at radius 3 is 2.50 bits per heavy atom. The minimum absolute atomic E-state index is 0.823. The molecule has 76 valence electrons. The lowest BCUT2D eigenvalue weighted by molar-refractivity contribution is 0.696. The second-order valence-electron chi connectivity index (χ2n) is 4.47. The largest absolute Gasteiger partial charge is 0.319 e. The molecule has 1 aromatic carbocycles. The van der Waals surface area contributed by atoms with Gasteiger partial charge in [0.2, 0.25) is 0 Å². The third kappa shape index (κ3) is 1.69. The molecule has 1 aromatic rings. The molecule has 0 spiro atoms. The highest BCUT2D eigenvalue weighted by atomic mass is 14.8. The van der Waals surface area contributed by atoms with Gasteiger partial charge in [-0.3, -0.25) is 0 Å². The van der Waals surface area contributed by atoms with E-state index in [1.165, 1.54) is 24.1 Å². The first-order valence-electron chi connectivity index (χ1n) is 5.44. The third-order valence-corrected chi connectivity index (χ3v) is 3.30. The average molecular weight is 189 g/mol. The maximum atomic E-state index is 3.27. The molecule has 0 amide bonds. The number of hydrogen-bond acceptors (Lipinski definition) is 1. The van der Waals surface area contributed by atoms with Crippen molar-refractivity contribution in [1.29, 1.82) is 0 Å². The van der Waals surface area contributed by atoms with E-state index < -0.39 is 0 Å². The first-order chi connectivity index (χ1) is 6.74. The SMILES string of the molecule is CNCC1CC1c1c(C)cccc1C. The van der Waals surface area contributed by atoms with Crippen molar-refractivity contribution in [3.63, 3.8) is 0 Å². The Morgan fingerprint density at radius 1 is 1.29 bits per heavy atom. The van der Waals surface area contributed by atoms with Gasteiger partial charge in [-0.05, 0) is 62.4 Å². The van der Waals surface area contributed by atoms with E-state index in [-0.39, 0.29) is 0 Å². The summed E-state index contributed by atoms with van der Waals surface area (Å²) in [6.07, 6.45) is 1.37. The highest BCUT2D eigenvalue weighted by Gasteiger charge is 2.38. The van der Waals surface area contributed by atoms with E-state index in [1.54, 1.807) is 5.56 Å². The Hall–Kier alpha value is -0.820. The zero-order valence-corrected chi connectivity index (χ0v) is 9.30. The van der Waals surface area contributed by atoms with Gasteiger partial charge in [0.15, 0.2) is 0 Å².